The second kappa shape index (κ2) is 6.74. The summed E-state index contributed by atoms with van der Waals surface area (Å²) in [5.41, 5.74) is 0. The van der Waals surface area contributed by atoms with Gasteiger partial charge in [0.25, 0.3) is 0 Å². The van der Waals surface area contributed by atoms with Crippen LogP contribution in [-0.2, 0) is 14.3 Å². The van der Waals surface area contributed by atoms with E-state index in [9.17, 15) is 22.8 Å². The van der Waals surface area contributed by atoms with Gasteiger partial charge in [-0.1, -0.05) is 0 Å². The molecule has 1 N–H and O–H groups in total. The number of likely N-dealkylation sites (tertiary alicyclic amines) is 1. The average Bonchev–Trinajstić information content (AvgIpc) is 2.27. The quantitative estimate of drug-likeness (QED) is 0.828. The van der Waals surface area contributed by atoms with Crippen molar-refractivity contribution < 1.29 is 32.6 Å². The van der Waals surface area contributed by atoms with Crippen LogP contribution in [0.25, 0.3) is 0 Å². The van der Waals surface area contributed by atoms with Crippen LogP contribution in [0.4, 0.5) is 13.2 Å². The van der Waals surface area contributed by atoms with Crippen molar-refractivity contribution in [3.05, 3.63) is 0 Å². The normalized spacial score (nSPS) is 20.4. The number of amides is 1. The SMILES string of the molecule is O=C(O)CC1CCCCN1C(=O)COCC(F)(F)F. The number of carbonyl (C=O) groups is 2. The smallest absolute Gasteiger partial charge is 0.411 e. The fourth-order valence-electron chi connectivity index (χ4n) is 2.08. The number of ether oxygens (including phenoxy) is 1. The minimum absolute atomic E-state index is 0.189. The lowest BCUT2D eigenvalue weighted by atomic mass is 9.99. The molecule has 1 atom stereocenters. The number of aliphatic carboxylic acids is 1. The van der Waals surface area contributed by atoms with Gasteiger partial charge in [-0.3, -0.25) is 9.59 Å². The van der Waals surface area contributed by atoms with Gasteiger partial charge in [-0.2, -0.15) is 13.2 Å². The molecule has 1 unspecified atom stereocenters. The molecule has 1 heterocycles. The minimum Gasteiger partial charge on any atom is -0.481 e. The molecule has 0 aliphatic carbocycles. The van der Waals surface area contributed by atoms with Gasteiger partial charge in [-0.05, 0) is 19.3 Å². The molecule has 0 aromatic carbocycles. The first-order valence-corrected chi connectivity index (χ1v) is 5.95. The lowest BCUT2D eigenvalue weighted by molar-refractivity contribution is -0.178. The van der Waals surface area contributed by atoms with Crippen molar-refractivity contribution in [3.8, 4) is 0 Å². The molecule has 1 aliphatic rings. The molecule has 1 amide bonds. The van der Waals surface area contributed by atoms with E-state index < -0.39 is 37.3 Å². The van der Waals surface area contributed by atoms with Gasteiger partial charge in [0.05, 0.1) is 6.42 Å². The second-order valence-corrected chi connectivity index (χ2v) is 4.44. The van der Waals surface area contributed by atoms with Gasteiger partial charge in [0, 0.05) is 12.6 Å². The summed E-state index contributed by atoms with van der Waals surface area (Å²) in [5, 5.41) is 8.73. The monoisotopic (exact) mass is 283 g/mol. The molecule has 0 bridgehead atoms. The third-order valence-corrected chi connectivity index (χ3v) is 2.85. The number of rotatable bonds is 5. The first-order valence-electron chi connectivity index (χ1n) is 5.95. The summed E-state index contributed by atoms with van der Waals surface area (Å²) in [4.78, 5) is 23.7. The predicted octanol–water partition coefficient (Wildman–Crippen LogP) is 1.42. The fourth-order valence-corrected chi connectivity index (χ4v) is 2.08. The topological polar surface area (TPSA) is 66.8 Å². The van der Waals surface area contributed by atoms with Crippen LogP contribution >= 0.6 is 0 Å². The van der Waals surface area contributed by atoms with Crippen molar-refractivity contribution in [2.75, 3.05) is 19.8 Å². The summed E-state index contributed by atoms with van der Waals surface area (Å²) in [6, 6.07) is -0.451. The van der Waals surface area contributed by atoms with Crippen molar-refractivity contribution in [1.29, 1.82) is 0 Å². The predicted molar refractivity (Wildman–Crippen MR) is 58.5 cm³/mol. The number of carboxylic acid groups (broad SMARTS) is 1. The third kappa shape index (κ3) is 5.91. The van der Waals surface area contributed by atoms with Crippen LogP contribution in [0.2, 0.25) is 0 Å². The Morgan fingerprint density at radius 3 is 2.58 bits per heavy atom. The molecule has 1 fully saturated rings. The van der Waals surface area contributed by atoms with E-state index in [0.29, 0.717) is 13.0 Å². The molecule has 110 valence electrons. The van der Waals surface area contributed by atoms with Gasteiger partial charge in [0.15, 0.2) is 0 Å². The summed E-state index contributed by atoms with van der Waals surface area (Å²) in [6.45, 7) is -1.78. The maximum absolute atomic E-state index is 11.9. The number of hydrogen-bond donors (Lipinski definition) is 1. The van der Waals surface area contributed by atoms with Gasteiger partial charge in [-0.25, -0.2) is 0 Å². The zero-order valence-electron chi connectivity index (χ0n) is 10.3. The van der Waals surface area contributed by atoms with Gasteiger partial charge in [-0.15, -0.1) is 0 Å². The Morgan fingerprint density at radius 1 is 1.32 bits per heavy atom. The van der Waals surface area contributed by atoms with Crippen LogP contribution in [0.1, 0.15) is 25.7 Å². The Labute approximate surface area is 108 Å². The second-order valence-electron chi connectivity index (χ2n) is 4.44. The number of nitrogens with zero attached hydrogens (tertiary/aromatic N) is 1. The average molecular weight is 283 g/mol. The summed E-state index contributed by atoms with van der Waals surface area (Å²) in [7, 11) is 0. The number of carboxylic acids is 1. The van der Waals surface area contributed by atoms with Crippen LogP contribution in [0.3, 0.4) is 0 Å². The number of halogens is 3. The molecule has 0 aromatic heterocycles. The molecule has 1 rings (SSSR count). The molecule has 8 heteroatoms. The highest BCUT2D eigenvalue weighted by molar-refractivity contribution is 5.78. The molecule has 0 radical (unpaired) electrons. The van der Waals surface area contributed by atoms with E-state index in [2.05, 4.69) is 4.74 Å². The zero-order chi connectivity index (χ0) is 14.5. The molecule has 0 spiro atoms. The van der Waals surface area contributed by atoms with Crippen molar-refractivity contribution in [1.82, 2.24) is 4.90 Å². The molecule has 0 aromatic rings. The van der Waals surface area contributed by atoms with E-state index in [-0.39, 0.29) is 6.42 Å². The zero-order valence-corrected chi connectivity index (χ0v) is 10.3. The molecule has 1 aliphatic heterocycles. The van der Waals surface area contributed by atoms with Crippen LogP contribution in [0, 0.1) is 0 Å². The van der Waals surface area contributed by atoms with Gasteiger partial charge in [0.1, 0.15) is 13.2 Å². The Hall–Kier alpha value is -1.31. The van der Waals surface area contributed by atoms with Crippen LogP contribution in [0.5, 0.6) is 0 Å². The molecule has 0 saturated carbocycles. The highest BCUT2D eigenvalue weighted by Gasteiger charge is 2.31. The largest absolute Gasteiger partial charge is 0.481 e. The van der Waals surface area contributed by atoms with E-state index in [1.165, 1.54) is 4.90 Å². The Kier molecular flexibility index (Phi) is 5.59. The van der Waals surface area contributed by atoms with Gasteiger partial charge in [0.2, 0.25) is 5.91 Å². The van der Waals surface area contributed by atoms with Crippen molar-refractivity contribution in [3.63, 3.8) is 0 Å². The first kappa shape index (κ1) is 15.7. The Morgan fingerprint density at radius 2 is 2.00 bits per heavy atom. The lowest BCUT2D eigenvalue weighted by Gasteiger charge is -2.34. The maximum atomic E-state index is 11.9. The maximum Gasteiger partial charge on any atom is 0.411 e. The first-order chi connectivity index (χ1) is 8.79. The summed E-state index contributed by atoms with van der Waals surface area (Å²) < 4.78 is 39.9. The van der Waals surface area contributed by atoms with Gasteiger partial charge >= 0.3 is 12.1 Å². The van der Waals surface area contributed by atoms with Crippen LogP contribution < -0.4 is 0 Å². The highest BCUT2D eigenvalue weighted by Crippen LogP contribution is 2.20. The minimum atomic E-state index is -4.47. The molecule has 1 saturated heterocycles. The van der Waals surface area contributed by atoms with E-state index in [0.717, 1.165) is 12.8 Å². The van der Waals surface area contributed by atoms with E-state index >= 15 is 0 Å². The van der Waals surface area contributed by atoms with Crippen LogP contribution in [-0.4, -0.2) is 53.9 Å². The molecule has 19 heavy (non-hydrogen) atoms. The Bertz CT molecular complexity index is 332. The van der Waals surface area contributed by atoms with Crippen molar-refractivity contribution in [2.45, 2.75) is 37.9 Å². The van der Waals surface area contributed by atoms with Crippen molar-refractivity contribution in [2.24, 2.45) is 0 Å². The van der Waals surface area contributed by atoms with E-state index in [4.69, 9.17) is 5.11 Å². The number of hydrogen-bond acceptors (Lipinski definition) is 3. The molecule has 5 nitrogen and oxygen atoms in total. The van der Waals surface area contributed by atoms with Crippen molar-refractivity contribution >= 4 is 11.9 Å². The molecular formula is C11H16F3NO4. The number of piperidine rings is 1. The van der Waals surface area contributed by atoms with Gasteiger partial charge < -0.3 is 14.7 Å². The lowest BCUT2D eigenvalue weighted by Crippen LogP contribution is -2.46. The molecular weight excluding hydrogens is 267 g/mol. The Balaban J connectivity index is 2.45. The summed E-state index contributed by atoms with van der Waals surface area (Å²) >= 11 is 0. The van der Waals surface area contributed by atoms with E-state index in [1.807, 2.05) is 0 Å². The number of carbonyl (C=O) groups excluding carboxylic acids is 1. The van der Waals surface area contributed by atoms with Crippen LogP contribution in [0.15, 0.2) is 0 Å². The standard InChI is InChI=1S/C11H16F3NO4/c12-11(13,14)7-19-6-9(16)15-4-2-1-3-8(15)5-10(17)18/h8H,1-7H2,(H,17,18). The third-order valence-electron chi connectivity index (χ3n) is 2.85. The van der Waals surface area contributed by atoms with E-state index in [1.54, 1.807) is 0 Å². The summed E-state index contributed by atoms with van der Waals surface area (Å²) in [6.07, 6.45) is -2.57. The fraction of sp³-hybridized carbons (Fsp3) is 0.818. The summed E-state index contributed by atoms with van der Waals surface area (Å²) in [5.74, 6) is -1.61. The highest BCUT2D eigenvalue weighted by atomic mass is 19.4. The number of alkyl halides is 3.